The predicted octanol–water partition coefficient (Wildman–Crippen LogP) is 3.62. The van der Waals surface area contributed by atoms with Gasteiger partial charge in [0.1, 0.15) is 5.84 Å². The number of carbonyl (C=O) groups excluding carboxylic acids is 2. The monoisotopic (exact) mass is 514 g/mol. The van der Waals surface area contributed by atoms with Crippen LogP contribution in [0.3, 0.4) is 0 Å². The van der Waals surface area contributed by atoms with E-state index in [9.17, 15) is 14.4 Å². The van der Waals surface area contributed by atoms with Gasteiger partial charge in [-0.25, -0.2) is 9.67 Å². The molecule has 9 nitrogen and oxygen atoms in total. The minimum Gasteiger partial charge on any atom is -0.387 e. The maximum absolute atomic E-state index is 13.2. The summed E-state index contributed by atoms with van der Waals surface area (Å²) in [5.74, 6) is 0.258. The van der Waals surface area contributed by atoms with Gasteiger partial charge in [-0.05, 0) is 48.2 Å². The van der Waals surface area contributed by atoms with Gasteiger partial charge in [0.25, 0.3) is 5.56 Å². The van der Waals surface area contributed by atoms with Crippen LogP contribution in [-0.2, 0) is 16.1 Å². The third-order valence-electron chi connectivity index (χ3n) is 6.43. The van der Waals surface area contributed by atoms with E-state index in [0.717, 1.165) is 34.9 Å². The van der Waals surface area contributed by atoms with Gasteiger partial charge in [0.2, 0.25) is 11.8 Å². The molecular formula is C29H34N6O3. The molecule has 1 aliphatic heterocycles. The number of hydrogen-bond acceptors (Lipinski definition) is 6. The van der Waals surface area contributed by atoms with Gasteiger partial charge in [-0.1, -0.05) is 32.0 Å². The Morgan fingerprint density at radius 3 is 2.50 bits per heavy atom. The molecule has 2 aromatic carbocycles. The van der Waals surface area contributed by atoms with E-state index in [0.29, 0.717) is 55.1 Å². The Morgan fingerprint density at radius 2 is 1.79 bits per heavy atom. The number of nitrogens with zero attached hydrogens (tertiary/aromatic N) is 4. The molecule has 9 heteroatoms. The smallest absolute Gasteiger partial charge is 0.274 e. The zero-order valence-corrected chi connectivity index (χ0v) is 22.2. The summed E-state index contributed by atoms with van der Waals surface area (Å²) in [5.41, 5.74) is 10.0. The second-order valence-electron chi connectivity index (χ2n) is 9.47. The quantitative estimate of drug-likeness (QED) is 0.452. The summed E-state index contributed by atoms with van der Waals surface area (Å²) in [6.07, 6.45) is 5.66. The van der Waals surface area contributed by atoms with Crippen LogP contribution >= 0.6 is 0 Å². The largest absolute Gasteiger partial charge is 0.387 e. The molecule has 0 radical (unpaired) electrons. The predicted molar refractivity (Wildman–Crippen MR) is 151 cm³/mol. The molecule has 1 aliphatic rings. The number of nitrogens with one attached hydrogen (secondary N) is 1. The Labute approximate surface area is 222 Å². The maximum atomic E-state index is 13.2. The van der Waals surface area contributed by atoms with Gasteiger partial charge >= 0.3 is 0 Å². The standard InChI is InChI=1S/C29H34N6O3/c1-4-11-34(12-5-2)28(37)23-15-22-7-6-21(16-26(22)33-27(30)17-23)20-8-9-25-24(14-20)18-32-35(29(25)38)13-10-31-19(3)36/h6-9,14-16,18H,4-5,10-13,17H2,1-3H3,(H2,30,33)(H,31,36). The number of aromatic nitrogens is 2. The first-order valence-corrected chi connectivity index (χ1v) is 13.0. The number of rotatable bonds is 9. The number of nitrogens with two attached hydrogens (primary N) is 1. The highest BCUT2D eigenvalue weighted by Crippen LogP contribution is 2.33. The fourth-order valence-electron chi connectivity index (χ4n) is 4.63. The van der Waals surface area contributed by atoms with Crippen LogP contribution in [-0.4, -0.2) is 52.0 Å². The van der Waals surface area contributed by atoms with E-state index in [1.54, 1.807) is 12.3 Å². The first kappa shape index (κ1) is 26.8. The molecule has 0 aliphatic carbocycles. The summed E-state index contributed by atoms with van der Waals surface area (Å²) in [6.45, 7) is 7.62. The van der Waals surface area contributed by atoms with E-state index in [-0.39, 0.29) is 17.4 Å². The van der Waals surface area contributed by atoms with Crippen molar-refractivity contribution in [3.63, 3.8) is 0 Å². The first-order valence-electron chi connectivity index (χ1n) is 13.0. The third-order valence-corrected chi connectivity index (χ3v) is 6.43. The van der Waals surface area contributed by atoms with Crippen molar-refractivity contribution in [2.24, 2.45) is 10.7 Å². The lowest BCUT2D eigenvalue weighted by Gasteiger charge is -2.22. The highest BCUT2D eigenvalue weighted by atomic mass is 16.2. The summed E-state index contributed by atoms with van der Waals surface area (Å²) >= 11 is 0. The molecule has 0 spiro atoms. The number of carbonyl (C=O) groups is 2. The van der Waals surface area contributed by atoms with Gasteiger partial charge in [-0.2, -0.15) is 5.10 Å². The van der Waals surface area contributed by atoms with E-state index < -0.39 is 0 Å². The fourth-order valence-corrected chi connectivity index (χ4v) is 4.63. The number of amidine groups is 1. The number of benzene rings is 2. The van der Waals surface area contributed by atoms with Gasteiger partial charge in [0.15, 0.2) is 0 Å². The SMILES string of the molecule is CCCN(CCC)C(=O)C1=Cc2ccc(-c3ccc4c(=O)n(CCNC(C)=O)ncc4c3)cc2N=C(N)C1. The first-order chi connectivity index (χ1) is 18.3. The number of aliphatic imine (C=N–C) groups is 1. The Hall–Kier alpha value is -4.27. The molecular weight excluding hydrogens is 480 g/mol. The lowest BCUT2D eigenvalue weighted by Crippen LogP contribution is -2.34. The molecule has 0 unspecified atom stereocenters. The number of fused-ring (bicyclic) bond motifs is 2. The molecule has 0 saturated carbocycles. The highest BCUT2D eigenvalue weighted by Gasteiger charge is 2.21. The van der Waals surface area contributed by atoms with Crippen molar-refractivity contribution in [1.82, 2.24) is 20.0 Å². The summed E-state index contributed by atoms with van der Waals surface area (Å²) in [6, 6.07) is 11.5. The number of amides is 2. The van der Waals surface area contributed by atoms with E-state index >= 15 is 0 Å². The lowest BCUT2D eigenvalue weighted by molar-refractivity contribution is -0.127. The highest BCUT2D eigenvalue weighted by molar-refractivity contribution is 6.05. The van der Waals surface area contributed by atoms with Crippen molar-refractivity contribution >= 4 is 40.2 Å². The zero-order valence-electron chi connectivity index (χ0n) is 22.2. The number of hydrogen-bond donors (Lipinski definition) is 2. The normalized spacial score (nSPS) is 12.8. The second kappa shape index (κ2) is 11.9. The van der Waals surface area contributed by atoms with Crippen molar-refractivity contribution in [1.29, 1.82) is 0 Å². The van der Waals surface area contributed by atoms with Crippen molar-refractivity contribution in [3.8, 4) is 11.1 Å². The molecule has 3 N–H and O–H groups in total. The van der Waals surface area contributed by atoms with Gasteiger partial charge < -0.3 is 16.0 Å². The molecule has 3 aromatic rings. The van der Waals surface area contributed by atoms with E-state index in [2.05, 4.69) is 29.3 Å². The Bertz CT molecular complexity index is 1480. The molecule has 0 saturated heterocycles. The van der Waals surface area contributed by atoms with Crippen LogP contribution in [0, 0.1) is 0 Å². The van der Waals surface area contributed by atoms with Crippen molar-refractivity contribution in [2.45, 2.75) is 46.6 Å². The minimum atomic E-state index is -0.207. The van der Waals surface area contributed by atoms with Gasteiger partial charge in [0, 0.05) is 49.5 Å². The second-order valence-corrected chi connectivity index (χ2v) is 9.47. The summed E-state index contributed by atoms with van der Waals surface area (Å²) in [7, 11) is 0. The molecule has 38 heavy (non-hydrogen) atoms. The van der Waals surface area contributed by atoms with Crippen LogP contribution in [0.15, 0.2) is 58.0 Å². The summed E-state index contributed by atoms with van der Waals surface area (Å²) in [5, 5.41) is 8.22. The Balaban J connectivity index is 1.64. The molecule has 0 fully saturated rings. The summed E-state index contributed by atoms with van der Waals surface area (Å²) < 4.78 is 1.35. The van der Waals surface area contributed by atoms with Crippen LogP contribution < -0.4 is 16.6 Å². The molecule has 4 rings (SSSR count). The van der Waals surface area contributed by atoms with Gasteiger partial charge in [-0.15, -0.1) is 0 Å². The van der Waals surface area contributed by atoms with E-state index in [1.807, 2.05) is 41.3 Å². The molecule has 0 atom stereocenters. The minimum absolute atomic E-state index is 0.00790. The topological polar surface area (TPSA) is 123 Å². The third kappa shape index (κ3) is 5.99. The van der Waals surface area contributed by atoms with Gasteiger partial charge in [0.05, 0.1) is 23.8 Å². The van der Waals surface area contributed by atoms with Crippen molar-refractivity contribution in [2.75, 3.05) is 19.6 Å². The summed E-state index contributed by atoms with van der Waals surface area (Å²) in [4.78, 5) is 43.7. The van der Waals surface area contributed by atoms with E-state index in [1.165, 1.54) is 11.6 Å². The average molecular weight is 515 g/mol. The molecule has 2 heterocycles. The zero-order chi connectivity index (χ0) is 27.2. The Kier molecular flexibility index (Phi) is 8.35. The molecule has 2 amide bonds. The van der Waals surface area contributed by atoms with Crippen molar-refractivity contribution < 1.29 is 9.59 Å². The fraction of sp³-hybridized carbons (Fsp3) is 0.345. The van der Waals surface area contributed by atoms with Crippen LogP contribution in [0.5, 0.6) is 0 Å². The van der Waals surface area contributed by atoms with Crippen LogP contribution in [0.25, 0.3) is 28.0 Å². The lowest BCUT2D eigenvalue weighted by atomic mass is 9.99. The molecule has 1 aromatic heterocycles. The van der Waals surface area contributed by atoms with Crippen LogP contribution in [0.2, 0.25) is 0 Å². The van der Waals surface area contributed by atoms with Crippen molar-refractivity contribution in [3.05, 3.63) is 64.1 Å². The van der Waals surface area contributed by atoms with Crippen LogP contribution in [0.4, 0.5) is 5.69 Å². The molecule has 198 valence electrons. The Morgan fingerprint density at radius 1 is 1.08 bits per heavy atom. The average Bonchev–Trinajstić information content (AvgIpc) is 3.06. The van der Waals surface area contributed by atoms with E-state index in [4.69, 9.17) is 5.73 Å². The maximum Gasteiger partial charge on any atom is 0.274 e. The molecule has 0 bridgehead atoms. The van der Waals surface area contributed by atoms with Crippen LogP contribution in [0.1, 0.15) is 45.6 Å². The van der Waals surface area contributed by atoms with Gasteiger partial charge in [-0.3, -0.25) is 14.4 Å².